The smallest absolute Gasteiger partial charge is 0.853 e. The summed E-state index contributed by atoms with van der Waals surface area (Å²) in [5, 5.41) is 12.3. The van der Waals surface area contributed by atoms with E-state index >= 15 is 0 Å². The van der Waals surface area contributed by atoms with Crippen molar-refractivity contribution in [2.45, 2.75) is 217 Å². The quantitative estimate of drug-likeness (QED) is 0.152. The second kappa shape index (κ2) is 22.8. The summed E-state index contributed by atoms with van der Waals surface area (Å²) >= 11 is 0. The van der Waals surface area contributed by atoms with Crippen molar-refractivity contribution in [1.29, 1.82) is 0 Å². The van der Waals surface area contributed by atoms with E-state index in [2.05, 4.69) is 27.5 Å². The van der Waals surface area contributed by atoms with Crippen molar-refractivity contribution in [3.63, 3.8) is 0 Å². The monoisotopic (exact) mass is 723 g/mol. The molecular weight excluding hydrogens is 657 g/mol. The summed E-state index contributed by atoms with van der Waals surface area (Å²) in [6, 6.07) is 14.2. The van der Waals surface area contributed by atoms with Gasteiger partial charge in [0.15, 0.2) is 0 Å². The molecule has 3 nitrogen and oxygen atoms in total. The van der Waals surface area contributed by atoms with Crippen LogP contribution in [0.5, 0.6) is 0 Å². The standard InChI is InChI=1S/C31H48N3P.2C5H10.Zr/c32-31(26-16-6-1-7-17-26)35(33(27-18-8-2-9-19-27)28-20-10-3-11-21-28)34(29-22-12-4-13-23-29)30-24-14-5-15-25-30;2*1-2-4-5-3-1;/h1,6-7,16,27-30H,2-5,8-15,18-25H2;2*1-5H2;/q-2;;;+4. The van der Waals surface area contributed by atoms with E-state index in [0.29, 0.717) is 29.6 Å². The summed E-state index contributed by atoms with van der Waals surface area (Å²) in [5.41, 5.74) is 1.61. The molecule has 0 unspecified atom stereocenters. The Balaban J connectivity index is 0.000000371. The van der Waals surface area contributed by atoms with Gasteiger partial charge in [-0.25, -0.2) is 5.45 Å². The Morgan fingerprint density at radius 3 is 1.02 bits per heavy atom. The van der Waals surface area contributed by atoms with Gasteiger partial charge >= 0.3 is 26.2 Å². The van der Waals surface area contributed by atoms with Gasteiger partial charge in [-0.15, -0.1) is 30.3 Å². The number of benzene rings is 1. The van der Waals surface area contributed by atoms with Gasteiger partial charge in [0.1, 0.15) is 0 Å². The molecule has 254 valence electrons. The van der Waals surface area contributed by atoms with Gasteiger partial charge in [-0.2, -0.15) is 5.56 Å². The minimum atomic E-state index is -0.909. The Kier molecular flexibility index (Phi) is 19.3. The molecule has 0 N–H and O–H groups in total. The zero-order valence-corrected chi connectivity index (χ0v) is 33.0. The fraction of sp³-hybridized carbons (Fsp3) is 0.829. The fourth-order valence-corrected chi connectivity index (χ4v) is 12.5. The van der Waals surface area contributed by atoms with Gasteiger partial charge in [0.2, 0.25) is 0 Å². The number of hydrogen-bond donors (Lipinski definition) is 0. The SMILES string of the molecule is C1CCCC1.C1CCCC1.[N-]=C(c1[c-]cccc1)P(N(C1CCCCC1)C1CCCCC1)N(C1CCCCC1)C1CCCCC1.[Zr+4]. The van der Waals surface area contributed by atoms with Gasteiger partial charge in [0.25, 0.3) is 0 Å². The maximum Gasteiger partial charge on any atom is 4.00 e. The first-order valence-electron chi connectivity index (χ1n) is 20.2. The normalized spacial score (nSPS) is 23.8. The molecule has 46 heavy (non-hydrogen) atoms. The average Bonchev–Trinajstić information content (AvgIpc) is 3.91. The molecule has 0 amide bonds. The van der Waals surface area contributed by atoms with E-state index < -0.39 is 8.22 Å². The van der Waals surface area contributed by atoms with Crippen LogP contribution in [0.15, 0.2) is 24.3 Å². The average molecular weight is 725 g/mol. The summed E-state index contributed by atoms with van der Waals surface area (Å²) in [6.45, 7) is 0. The van der Waals surface area contributed by atoms with Gasteiger partial charge in [-0.3, -0.25) is 9.34 Å². The van der Waals surface area contributed by atoms with E-state index in [0.717, 1.165) is 5.56 Å². The first-order chi connectivity index (χ1) is 22.3. The van der Waals surface area contributed by atoms with Crippen molar-refractivity contribution in [1.82, 2.24) is 9.34 Å². The summed E-state index contributed by atoms with van der Waals surface area (Å²) in [6.07, 6.45) is 42.1. The van der Waals surface area contributed by atoms with E-state index in [4.69, 9.17) is 0 Å². The zero-order chi connectivity index (χ0) is 30.9. The molecule has 5 heteroatoms. The molecule has 6 saturated carbocycles. The van der Waals surface area contributed by atoms with Crippen LogP contribution < -0.4 is 0 Å². The molecular formula is C41H68N3PZr+2. The first-order valence-corrected chi connectivity index (χ1v) is 21.5. The number of rotatable bonds is 8. The van der Waals surface area contributed by atoms with Crippen LogP contribution in [0.3, 0.4) is 0 Å². The summed E-state index contributed by atoms with van der Waals surface area (Å²) < 4.78 is 5.96. The molecule has 0 spiro atoms. The molecule has 6 fully saturated rings. The number of hydrogen-bond acceptors (Lipinski definition) is 2. The van der Waals surface area contributed by atoms with E-state index in [1.807, 2.05) is 12.1 Å². The summed E-state index contributed by atoms with van der Waals surface area (Å²) in [4.78, 5) is 0. The van der Waals surface area contributed by atoms with Crippen LogP contribution in [-0.4, -0.2) is 39.0 Å². The van der Waals surface area contributed by atoms with Crippen LogP contribution in [0, 0.1) is 6.07 Å². The topological polar surface area (TPSA) is 28.8 Å². The molecule has 1 aromatic carbocycles. The maximum atomic E-state index is 12.3. The van der Waals surface area contributed by atoms with E-state index in [1.165, 1.54) is 193 Å². The second-order valence-corrected chi connectivity index (χ2v) is 17.3. The second-order valence-electron chi connectivity index (χ2n) is 15.4. The van der Waals surface area contributed by atoms with Crippen LogP contribution >= 0.6 is 8.22 Å². The summed E-state index contributed by atoms with van der Waals surface area (Å²) in [7, 11) is -0.909. The Bertz CT molecular complexity index is 810. The molecule has 0 atom stereocenters. The van der Waals surface area contributed by atoms with Gasteiger partial charge in [0.05, 0.1) is 0 Å². The van der Waals surface area contributed by atoms with Crippen molar-refractivity contribution in [3.8, 4) is 0 Å². The maximum absolute atomic E-state index is 12.3. The van der Waals surface area contributed by atoms with Crippen LogP contribution in [-0.2, 0) is 26.2 Å². The third kappa shape index (κ3) is 12.2. The zero-order valence-electron chi connectivity index (χ0n) is 29.6. The van der Waals surface area contributed by atoms with E-state index in [9.17, 15) is 5.41 Å². The molecule has 0 aromatic heterocycles. The Morgan fingerprint density at radius 1 is 0.478 bits per heavy atom. The Morgan fingerprint density at radius 2 is 0.761 bits per heavy atom. The van der Waals surface area contributed by atoms with Crippen molar-refractivity contribution >= 4 is 13.7 Å². The molecule has 0 bridgehead atoms. The molecule has 7 rings (SSSR count). The van der Waals surface area contributed by atoms with E-state index in [1.54, 1.807) is 0 Å². The largest absolute Gasteiger partial charge is 4.00 e. The van der Waals surface area contributed by atoms with Crippen molar-refractivity contribution in [2.24, 2.45) is 0 Å². The van der Waals surface area contributed by atoms with Crippen LogP contribution in [0.2, 0.25) is 0 Å². The van der Waals surface area contributed by atoms with Gasteiger partial charge in [-0.1, -0.05) is 141 Å². The van der Waals surface area contributed by atoms with E-state index in [-0.39, 0.29) is 26.2 Å². The van der Waals surface area contributed by atoms with Gasteiger partial charge in [-0.05, 0) is 51.4 Å². The molecule has 6 aliphatic carbocycles. The first kappa shape index (κ1) is 38.9. The summed E-state index contributed by atoms with van der Waals surface area (Å²) in [5.74, 6) is 0. The number of nitrogens with zero attached hydrogens (tertiary/aromatic N) is 3. The predicted molar refractivity (Wildman–Crippen MR) is 197 cm³/mol. The Hall–Kier alpha value is 0.123. The molecule has 6 aliphatic rings. The molecule has 0 saturated heterocycles. The van der Waals surface area contributed by atoms with Crippen molar-refractivity contribution < 1.29 is 26.2 Å². The third-order valence-corrected chi connectivity index (χ3v) is 14.7. The molecule has 0 aliphatic heterocycles. The van der Waals surface area contributed by atoms with Crippen LogP contribution in [0.4, 0.5) is 0 Å². The van der Waals surface area contributed by atoms with Gasteiger partial charge < -0.3 is 5.41 Å². The molecule has 1 aromatic rings. The van der Waals surface area contributed by atoms with Crippen LogP contribution in [0.25, 0.3) is 5.41 Å². The Labute approximate surface area is 305 Å². The fourth-order valence-electron chi connectivity index (χ4n) is 9.34. The minimum absolute atomic E-state index is 0. The third-order valence-electron chi connectivity index (χ3n) is 11.9. The predicted octanol–water partition coefficient (Wildman–Crippen LogP) is 12.9. The van der Waals surface area contributed by atoms with Crippen molar-refractivity contribution in [2.75, 3.05) is 0 Å². The van der Waals surface area contributed by atoms with Crippen molar-refractivity contribution in [3.05, 3.63) is 41.3 Å². The van der Waals surface area contributed by atoms with Crippen LogP contribution in [0.1, 0.15) is 198 Å². The molecule has 0 heterocycles. The minimum Gasteiger partial charge on any atom is -0.853 e. The molecule has 0 radical (unpaired) electrons. The van der Waals surface area contributed by atoms with Gasteiger partial charge in [0, 0.05) is 32.4 Å².